The highest BCUT2D eigenvalue weighted by Crippen LogP contribution is 2.66. The summed E-state index contributed by atoms with van der Waals surface area (Å²) >= 11 is 0. The zero-order chi connectivity index (χ0) is 34.6. The first-order valence-electron chi connectivity index (χ1n) is 9.54. The minimum Gasteiger partial charge on any atom is -0.460 e. The van der Waals surface area contributed by atoms with Crippen molar-refractivity contribution in [2.24, 2.45) is 0 Å². The topological polar surface area (TPSA) is 52.6 Å². The van der Waals surface area contributed by atoms with Gasteiger partial charge in [-0.1, -0.05) is 0 Å². The number of rotatable bonds is 11. The monoisotopic (exact) mass is 676 g/mol. The van der Waals surface area contributed by atoms with Crippen molar-refractivity contribution in [1.29, 1.82) is 0 Å². The Hall–Kier alpha value is -2.79. The van der Waals surface area contributed by atoms with Crippen molar-refractivity contribution >= 4 is 11.9 Å². The summed E-state index contributed by atoms with van der Waals surface area (Å²) in [4.78, 5) is 22.3. The lowest BCUT2D eigenvalue weighted by Crippen LogP contribution is -2.77. The van der Waals surface area contributed by atoms with Gasteiger partial charge in [-0.2, -0.15) is 92.2 Å². The molecule has 0 rings (SSSR count). The summed E-state index contributed by atoms with van der Waals surface area (Å²) in [6, 6.07) is 0. The minimum atomic E-state index is -9.32. The number of hydrogen-bond acceptors (Lipinski definition) is 4. The molecule has 0 saturated carbocycles. The first kappa shape index (κ1) is 39.2. The molecule has 1 unspecified atom stereocenters. The second kappa shape index (κ2) is 10.7. The molecule has 0 aliphatic rings. The zero-order valence-electron chi connectivity index (χ0n) is 19.3. The Morgan fingerprint density at radius 1 is 0.452 bits per heavy atom. The molecule has 42 heavy (non-hydrogen) atoms. The van der Waals surface area contributed by atoms with Gasteiger partial charge >= 0.3 is 71.6 Å². The SMILES string of the molecule is CC(C)OC(=O)/C=C/C(=O)OC(F)(C(F)(F)F)C(F)(F)C(F)(F)C(F)(F)C(F)(F)C(F)(F)C(F)(F)C(F)(F)C(F)(F)F. The molecule has 0 radical (unpaired) electrons. The number of alkyl halides is 21. The molecule has 0 bridgehead atoms. The molecule has 1 atom stereocenters. The van der Waals surface area contributed by atoms with Crippen LogP contribution in [0.3, 0.4) is 0 Å². The summed E-state index contributed by atoms with van der Waals surface area (Å²) < 4.78 is 285. The fourth-order valence-electron chi connectivity index (χ4n) is 2.25. The lowest BCUT2D eigenvalue weighted by atomic mass is 9.87. The molecule has 0 amide bonds. The molecule has 25 heteroatoms. The maximum atomic E-state index is 14.2. The van der Waals surface area contributed by atoms with Crippen LogP contribution in [0.4, 0.5) is 92.2 Å². The molecule has 0 saturated heterocycles. The maximum Gasteiger partial charge on any atom is 0.467 e. The van der Waals surface area contributed by atoms with E-state index in [1.807, 2.05) is 0 Å². The highest BCUT2D eigenvalue weighted by molar-refractivity contribution is 5.91. The Labute approximate surface area is 216 Å². The molecule has 248 valence electrons. The molecule has 0 aromatic heterocycles. The van der Waals surface area contributed by atoms with Crippen LogP contribution in [0.15, 0.2) is 12.2 Å². The van der Waals surface area contributed by atoms with E-state index in [0.717, 1.165) is 13.8 Å². The van der Waals surface area contributed by atoms with Gasteiger partial charge in [-0.25, -0.2) is 9.59 Å². The van der Waals surface area contributed by atoms with Gasteiger partial charge in [0.25, 0.3) is 0 Å². The van der Waals surface area contributed by atoms with Crippen LogP contribution >= 0.6 is 0 Å². The van der Waals surface area contributed by atoms with Crippen LogP contribution in [-0.2, 0) is 19.1 Å². The van der Waals surface area contributed by atoms with Crippen molar-refractivity contribution in [3.8, 4) is 0 Å². The quantitative estimate of drug-likeness (QED) is 0.131. The van der Waals surface area contributed by atoms with Crippen LogP contribution in [0.1, 0.15) is 13.8 Å². The molecule has 0 aliphatic heterocycles. The fraction of sp³-hybridized carbons (Fsp3) is 0.765. The summed E-state index contributed by atoms with van der Waals surface area (Å²) in [6.07, 6.45) is -18.4. The number of esters is 2. The van der Waals surface area contributed by atoms with Gasteiger partial charge in [-0.05, 0) is 13.8 Å². The number of halogens is 21. The molecule has 0 aromatic rings. The van der Waals surface area contributed by atoms with Crippen molar-refractivity contribution in [1.82, 2.24) is 0 Å². The average Bonchev–Trinajstić information content (AvgIpc) is 2.74. The van der Waals surface area contributed by atoms with Crippen LogP contribution in [0.2, 0.25) is 0 Å². The number of hydrogen-bond donors (Lipinski definition) is 0. The van der Waals surface area contributed by atoms with Gasteiger partial charge in [-0.15, -0.1) is 0 Å². The number of carbonyl (C=O) groups is 2. The normalized spacial score (nSPS) is 17.0. The summed E-state index contributed by atoms with van der Waals surface area (Å²) in [5.74, 6) is -76.6. The van der Waals surface area contributed by atoms with Gasteiger partial charge in [-0.3, -0.25) is 0 Å². The van der Waals surface area contributed by atoms with E-state index in [-0.39, 0.29) is 0 Å². The highest BCUT2D eigenvalue weighted by Gasteiger charge is 2.98. The van der Waals surface area contributed by atoms with E-state index in [4.69, 9.17) is 0 Å². The molecule has 0 N–H and O–H groups in total. The van der Waals surface area contributed by atoms with Crippen LogP contribution in [0.25, 0.3) is 0 Å². The van der Waals surface area contributed by atoms with Gasteiger partial charge in [0.15, 0.2) is 0 Å². The summed E-state index contributed by atoms with van der Waals surface area (Å²) in [7, 11) is 0. The third-order valence-electron chi connectivity index (χ3n) is 4.44. The zero-order valence-corrected chi connectivity index (χ0v) is 19.3. The molecule has 0 heterocycles. The second-order valence-electron chi connectivity index (χ2n) is 7.85. The van der Waals surface area contributed by atoms with Gasteiger partial charge in [0.05, 0.1) is 6.10 Å². The molecule has 0 spiro atoms. The summed E-state index contributed by atoms with van der Waals surface area (Å²) in [5, 5.41) is 0. The lowest BCUT2D eigenvalue weighted by molar-refractivity contribution is -0.484. The van der Waals surface area contributed by atoms with Crippen LogP contribution < -0.4 is 0 Å². The first-order valence-corrected chi connectivity index (χ1v) is 9.54. The Balaban J connectivity index is 7.10. The van der Waals surface area contributed by atoms with E-state index in [1.165, 1.54) is 0 Å². The van der Waals surface area contributed by atoms with Crippen molar-refractivity contribution in [3.05, 3.63) is 12.2 Å². The Kier molecular flexibility index (Phi) is 10.0. The maximum absolute atomic E-state index is 14.2. The molecule has 0 aliphatic carbocycles. The Morgan fingerprint density at radius 2 is 0.738 bits per heavy atom. The molecule has 4 nitrogen and oxygen atoms in total. The van der Waals surface area contributed by atoms with E-state index in [2.05, 4.69) is 9.47 Å². The molecule has 0 fully saturated rings. The summed E-state index contributed by atoms with van der Waals surface area (Å²) in [5.41, 5.74) is 0. The second-order valence-corrected chi connectivity index (χ2v) is 7.85. The van der Waals surface area contributed by atoms with E-state index < -0.39 is 89.9 Å². The molecular weight excluding hydrogens is 667 g/mol. The number of ether oxygens (including phenoxy) is 2. The van der Waals surface area contributed by atoms with E-state index in [1.54, 1.807) is 0 Å². The predicted molar refractivity (Wildman–Crippen MR) is 87.0 cm³/mol. The van der Waals surface area contributed by atoms with E-state index in [0.29, 0.717) is 0 Å². The standard InChI is InChI=1S/C17H9F21O4/c1-5(2)41-6(39)3-4-7(40)42-15(32,17(36,37)38)13(28,29)11(24,25)9(20,21)8(18,19)10(22,23)12(26,27)14(30,31)16(33,34)35/h3-5H,1-2H3/b4-3+. The van der Waals surface area contributed by atoms with Crippen molar-refractivity contribution in [3.63, 3.8) is 0 Å². The smallest absolute Gasteiger partial charge is 0.460 e. The molecular formula is C17H9F21O4. The summed E-state index contributed by atoms with van der Waals surface area (Å²) in [6.45, 7) is 2.12. The van der Waals surface area contributed by atoms with Gasteiger partial charge < -0.3 is 9.47 Å². The predicted octanol–water partition coefficient (Wildman–Crippen LogP) is 7.27. The van der Waals surface area contributed by atoms with Gasteiger partial charge in [0.1, 0.15) is 0 Å². The Bertz CT molecular complexity index is 1040. The minimum absolute atomic E-state index is 0.415. The fourth-order valence-corrected chi connectivity index (χ4v) is 2.25. The average molecular weight is 676 g/mol. The molecule has 0 aromatic carbocycles. The van der Waals surface area contributed by atoms with E-state index >= 15 is 0 Å². The van der Waals surface area contributed by atoms with Gasteiger partial charge in [0.2, 0.25) is 0 Å². The van der Waals surface area contributed by atoms with Crippen molar-refractivity contribution < 1.29 is 111 Å². The van der Waals surface area contributed by atoms with Crippen LogP contribution in [-0.4, -0.2) is 77.7 Å². The highest BCUT2D eigenvalue weighted by atomic mass is 19.4. The third-order valence-corrected chi connectivity index (χ3v) is 4.44. The van der Waals surface area contributed by atoms with Crippen molar-refractivity contribution in [2.45, 2.75) is 79.6 Å². The van der Waals surface area contributed by atoms with E-state index in [9.17, 15) is 102 Å². The lowest BCUT2D eigenvalue weighted by Gasteiger charge is -2.44. The third kappa shape index (κ3) is 5.74. The first-order chi connectivity index (χ1) is 18.0. The Morgan fingerprint density at radius 3 is 1.02 bits per heavy atom. The van der Waals surface area contributed by atoms with Crippen LogP contribution in [0, 0.1) is 0 Å². The largest absolute Gasteiger partial charge is 0.467 e. The van der Waals surface area contributed by atoms with Crippen molar-refractivity contribution in [2.75, 3.05) is 0 Å². The number of carbonyl (C=O) groups excluding carboxylic acids is 2. The van der Waals surface area contributed by atoms with Crippen LogP contribution in [0.5, 0.6) is 0 Å². The van der Waals surface area contributed by atoms with Gasteiger partial charge in [0, 0.05) is 12.2 Å².